The smallest absolute Gasteiger partial charge is 0.407 e. The lowest BCUT2D eigenvalue weighted by atomic mass is 10.0. The summed E-state index contributed by atoms with van der Waals surface area (Å²) in [7, 11) is 2.59. The van der Waals surface area contributed by atoms with E-state index in [0.717, 1.165) is 68.5 Å². The fraction of sp³-hybridized carbons (Fsp3) is 0.447. The number of hydrogen-bond donors (Lipinski definition) is 4. The minimum Gasteiger partial charge on any atom is -0.453 e. The zero-order valence-electron chi connectivity index (χ0n) is 36.8. The van der Waals surface area contributed by atoms with Gasteiger partial charge in [-0.15, -0.1) is 0 Å². The molecule has 9 rings (SSSR count). The summed E-state index contributed by atoms with van der Waals surface area (Å²) in [6, 6.07) is 16.3. The molecule has 3 unspecified atom stereocenters. The molecule has 0 spiro atoms. The third-order valence-electron chi connectivity index (χ3n) is 13.3. The highest BCUT2D eigenvalue weighted by molar-refractivity contribution is 5.90. The van der Waals surface area contributed by atoms with Crippen LogP contribution in [0, 0.1) is 29.6 Å². The molecule has 0 bridgehead atoms. The number of carbonyl (C=O) groups is 4. The van der Waals surface area contributed by atoms with Gasteiger partial charge in [-0.25, -0.2) is 24.5 Å². The summed E-state index contributed by atoms with van der Waals surface area (Å²) in [5.41, 5.74) is 8.34. The topological polar surface area (TPSA) is 200 Å². The van der Waals surface area contributed by atoms with E-state index in [1.807, 2.05) is 86.0 Å². The Balaban J connectivity index is 0.934. The van der Waals surface area contributed by atoms with Crippen LogP contribution in [0.1, 0.15) is 78.1 Å². The molecule has 4 N–H and O–H groups in total. The molecule has 4 amide bonds. The number of aromatic amines is 2. The van der Waals surface area contributed by atoms with E-state index in [1.54, 1.807) is 6.20 Å². The van der Waals surface area contributed by atoms with E-state index in [2.05, 4.69) is 40.5 Å². The molecular weight excluding hydrogens is 801 g/mol. The fourth-order valence-corrected chi connectivity index (χ4v) is 9.79. The lowest BCUT2D eigenvalue weighted by Gasteiger charge is -2.32. The van der Waals surface area contributed by atoms with Gasteiger partial charge < -0.3 is 39.9 Å². The number of likely N-dealkylation sites (tertiary alicyclic amines) is 2. The summed E-state index contributed by atoms with van der Waals surface area (Å²) in [4.78, 5) is 82.6. The summed E-state index contributed by atoms with van der Waals surface area (Å²) >= 11 is 0. The van der Waals surface area contributed by atoms with Crippen LogP contribution in [0.2, 0.25) is 0 Å². The Bertz CT molecular complexity index is 2760. The molecule has 16 nitrogen and oxygen atoms in total. The average Bonchev–Trinajstić information content (AvgIpc) is 3.85. The molecule has 328 valence electrons. The minimum atomic E-state index is -0.719. The highest BCUT2D eigenvalue weighted by Gasteiger charge is 2.61. The largest absolute Gasteiger partial charge is 0.453 e. The van der Waals surface area contributed by atoms with Crippen molar-refractivity contribution in [2.75, 3.05) is 20.8 Å². The van der Waals surface area contributed by atoms with Gasteiger partial charge in [-0.05, 0) is 90.0 Å². The number of hydrogen-bond acceptors (Lipinski definition) is 10. The molecule has 6 aromatic rings. The van der Waals surface area contributed by atoms with Crippen molar-refractivity contribution in [3.05, 3.63) is 72.4 Å². The van der Waals surface area contributed by atoms with E-state index in [4.69, 9.17) is 29.4 Å². The molecule has 3 aromatic carbocycles. The third-order valence-corrected chi connectivity index (χ3v) is 13.3. The maximum Gasteiger partial charge on any atom is 0.407 e. The number of imidazole rings is 2. The first-order valence-corrected chi connectivity index (χ1v) is 21.8. The summed E-state index contributed by atoms with van der Waals surface area (Å²) in [6.45, 7) is 12.5. The number of rotatable bonds is 10. The van der Waals surface area contributed by atoms with Crippen LogP contribution in [0.4, 0.5) is 9.59 Å². The van der Waals surface area contributed by atoms with Crippen LogP contribution in [-0.4, -0.2) is 103 Å². The monoisotopic (exact) mass is 854 g/mol. The molecular formula is C47H54N10O6. The van der Waals surface area contributed by atoms with Crippen LogP contribution in [0.3, 0.4) is 0 Å². The predicted octanol–water partition coefficient (Wildman–Crippen LogP) is 7.30. The second kappa shape index (κ2) is 16.3. The molecule has 3 aromatic heterocycles. The van der Waals surface area contributed by atoms with E-state index < -0.39 is 24.3 Å². The van der Waals surface area contributed by atoms with Crippen molar-refractivity contribution in [2.45, 2.75) is 84.6 Å². The Hall–Kier alpha value is -6.58. The molecule has 0 radical (unpaired) electrons. The molecule has 1 aliphatic carbocycles. The van der Waals surface area contributed by atoms with E-state index in [9.17, 15) is 19.2 Å². The van der Waals surface area contributed by atoms with E-state index in [0.29, 0.717) is 29.9 Å². The minimum absolute atomic E-state index is 0.113. The Kier molecular flexibility index (Phi) is 10.8. The Morgan fingerprint density at radius 2 is 1.24 bits per heavy atom. The molecule has 1 saturated carbocycles. The third kappa shape index (κ3) is 7.69. The van der Waals surface area contributed by atoms with Gasteiger partial charge in [-0.2, -0.15) is 0 Å². The molecule has 8 atom stereocenters. The van der Waals surface area contributed by atoms with Gasteiger partial charge in [0.1, 0.15) is 23.7 Å². The van der Waals surface area contributed by atoms with E-state index in [-0.39, 0.29) is 47.7 Å². The average molecular weight is 855 g/mol. The lowest BCUT2D eigenvalue weighted by Crippen LogP contribution is -2.52. The number of aromatic nitrogens is 6. The zero-order valence-corrected chi connectivity index (χ0v) is 36.8. The van der Waals surface area contributed by atoms with E-state index >= 15 is 0 Å². The van der Waals surface area contributed by atoms with Crippen LogP contribution in [0.15, 0.2) is 60.8 Å². The first-order valence-electron chi connectivity index (χ1n) is 21.8. The van der Waals surface area contributed by atoms with Gasteiger partial charge in [0.25, 0.3) is 0 Å². The normalized spacial score (nSPS) is 22.8. The number of methoxy groups -OCH3 is 2. The molecule has 2 saturated heterocycles. The number of benzene rings is 3. The second-order valence-electron chi connectivity index (χ2n) is 18.2. The second-order valence-corrected chi connectivity index (χ2v) is 18.2. The molecule has 5 heterocycles. The van der Waals surface area contributed by atoms with Gasteiger partial charge in [0.05, 0.1) is 71.3 Å². The summed E-state index contributed by atoms with van der Waals surface area (Å²) in [5, 5.41) is 5.48. The van der Waals surface area contributed by atoms with Gasteiger partial charge in [0.2, 0.25) is 11.8 Å². The number of nitrogens with one attached hydrogen (secondary N) is 4. The van der Waals surface area contributed by atoms with Crippen molar-refractivity contribution in [1.82, 2.24) is 50.3 Å². The van der Waals surface area contributed by atoms with Crippen molar-refractivity contribution in [1.29, 1.82) is 0 Å². The highest BCUT2D eigenvalue weighted by Crippen LogP contribution is 2.57. The maximum atomic E-state index is 14.0. The SMILES string of the molecule is COC(=O)N[C@H](C(=O)N1C[C@@H](C)C[C@H]1c1nc2ccc(-c3cnc4cc(-c5ccc6nc([C@@H]7CC8C(C)C8N7C(=O)[C@@H](NC(=O)OC)C(C)C)[nH]c6c5)ccc4n3)cc2[nH]1)C(C)C. The summed E-state index contributed by atoms with van der Waals surface area (Å²) in [5.74, 6) is 1.97. The first-order chi connectivity index (χ1) is 30.2. The van der Waals surface area contributed by atoms with Crippen LogP contribution in [0.5, 0.6) is 0 Å². The molecule has 2 aliphatic heterocycles. The number of amides is 4. The van der Waals surface area contributed by atoms with Crippen LogP contribution < -0.4 is 10.6 Å². The number of fused-ring (bicyclic) bond motifs is 4. The number of alkyl carbamates (subject to hydrolysis) is 2. The lowest BCUT2D eigenvalue weighted by molar-refractivity contribution is -0.137. The number of nitrogens with zero attached hydrogens (tertiary/aromatic N) is 6. The van der Waals surface area contributed by atoms with Crippen molar-refractivity contribution in [3.8, 4) is 22.4 Å². The van der Waals surface area contributed by atoms with Crippen LogP contribution >= 0.6 is 0 Å². The van der Waals surface area contributed by atoms with Crippen molar-refractivity contribution in [3.63, 3.8) is 0 Å². The van der Waals surface area contributed by atoms with Gasteiger partial charge in [-0.3, -0.25) is 14.6 Å². The summed E-state index contributed by atoms with van der Waals surface area (Å²) in [6.07, 6.45) is 2.08. The Labute approximate surface area is 364 Å². The molecule has 3 aliphatic rings. The Morgan fingerprint density at radius 1 is 0.683 bits per heavy atom. The van der Waals surface area contributed by atoms with Crippen LogP contribution in [-0.2, 0) is 19.1 Å². The standard InChI is InChI=1S/C47H54N10O6/c1-22(2)39(54-46(60)62-7)44(58)56-21-24(5)15-37(56)42-50-32-14-11-28(18-35(32)52-42)36-20-48-33-16-26(9-12-30(33)49-36)27-10-13-31-34(17-27)53-43(51-31)38-19-29-25(6)41(29)57(38)45(59)40(23(3)4)55-47(61)63-8/h9-14,16-18,20,22-25,29,37-41H,15,19,21H2,1-8H3,(H,50,52)(H,51,53)(H,54,60)(H,55,61)/t24-,25?,29?,37-,38-,39-,40-,41?/m0/s1. The molecule has 63 heavy (non-hydrogen) atoms. The van der Waals surface area contributed by atoms with Gasteiger partial charge in [0.15, 0.2) is 0 Å². The molecule has 16 heteroatoms. The van der Waals surface area contributed by atoms with Gasteiger partial charge >= 0.3 is 12.2 Å². The maximum absolute atomic E-state index is 14.0. The predicted molar refractivity (Wildman–Crippen MR) is 237 cm³/mol. The Morgan fingerprint density at radius 3 is 1.86 bits per heavy atom. The zero-order chi connectivity index (χ0) is 44.4. The number of H-pyrrole nitrogens is 2. The van der Waals surface area contributed by atoms with E-state index in [1.165, 1.54) is 14.2 Å². The quantitative estimate of drug-likeness (QED) is 0.108. The highest BCUT2D eigenvalue weighted by atomic mass is 16.5. The first kappa shape index (κ1) is 41.8. The number of ether oxygens (including phenoxy) is 2. The van der Waals surface area contributed by atoms with Crippen molar-refractivity contribution >= 4 is 57.1 Å². The number of carbonyl (C=O) groups excluding carboxylic acids is 4. The number of piperidine rings is 1. The van der Waals surface area contributed by atoms with Gasteiger partial charge in [0, 0.05) is 18.2 Å². The van der Waals surface area contributed by atoms with Gasteiger partial charge in [-0.1, -0.05) is 59.7 Å². The molecule has 3 fully saturated rings. The van der Waals surface area contributed by atoms with Crippen molar-refractivity contribution < 1.29 is 28.7 Å². The van der Waals surface area contributed by atoms with Crippen molar-refractivity contribution in [2.24, 2.45) is 29.6 Å². The summed E-state index contributed by atoms with van der Waals surface area (Å²) < 4.78 is 9.63. The van der Waals surface area contributed by atoms with Crippen LogP contribution in [0.25, 0.3) is 55.5 Å². The fourth-order valence-electron chi connectivity index (χ4n) is 9.79.